The van der Waals surface area contributed by atoms with Gasteiger partial charge in [0, 0.05) is 5.57 Å². The van der Waals surface area contributed by atoms with Gasteiger partial charge in [-0.05, 0) is 19.1 Å². The number of hydrogen-bond acceptors (Lipinski definition) is 4. The number of carbonyl (C=O) groups excluding carboxylic acids is 3. The molecule has 2 amide bonds. The number of esters is 1. The van der Waals surface area contributed by atoms with Gasteiger partial charge in [-0.2, -0.15) is 0 Å². The molecule has 5 heteroatoms. The highest BCUT2D eigenvalue weighted by atomic mass is 16.5. The van der Waals surface area contributed by atoms with Gasteiger partial charge in [0.1, 0.15) is 6.61 Å². The zero-order valence-corrected chi connectivity index (χ0v) is 10.2. The highest BCUT2D eigenvalue weighted by Crippen LogP contribution is 2.03. The third-order valence-corrected chi connectivity index (χ3v) is 1.77. The van der Waals surface area contributed by atoms with Crippen LogP contribution in [-0.4, -0.2) is 24.4 Å². The van der Waals surface area contributed by atoms with E-state index in [9.17, 15) is 14.4 Å². The Labute approximate surface area is 106 Å². The number of ether oxygens (including phenoxy) is 1. The molecule has 0 aromatic heterocycles. The molecular formula is C13H15NO4. The maximum Gasteiger partial charge on any atom is 0.337 e. The molecule has 0 aliphatic heterocycles. The number of hydrogen-bond donors (Lipinski definition) is 1. The lowest BCUT2D eigenvalue weighted by molar-refractivity contribution is -0.137. The quantitative estimate of drug-likeness (QED) is 0.330. The van der Waals surface area contributed by atoms with E-state index in [0.717, 1.165) is 6.08 Å². The summed E-state index contributed by atoms with van der Waals surface area (Å²) >= 11 is 0. The summed E-state index contributed by atoms with van der Waals surface area (Å²) in [6, 6.07) is 0. The molecule has 0 aliphatic carbocycles. The lowest BCUT2D eigenvalue weighted by Gasteiger charge is -2.03. The summed E-state index contributed by atoms with van der Waals surface area (Å²) < 4.78 is 4.72. The largest absolute Gasteiger partial charge is 0.458 e. The fourth-order valence-electron chi connectivity index (χ4n) is 0.875. The average molecular weight is 249 g/mol. The van der Waals surface area contributed by atoms with Crippen molar-refractivity contribution in [3.63, 3.8) is 0 Å². The van der Waals surface area contributed by atoms with E-state index in [0.29, 0.717) is 0 Å². The second kappa shape index (κ2) is 7.78. The van der Waals surface area contributed by atoms with E-state index in [1.54, 1.807) is 0 Å². The second-order valence-electron chi connectivity index (χ2n) is 3.26. The molecule has 0 saturated heterocycles. The molecular weight excluding hydrogens is 234 g/mol. The second-order valence-corrected chi connectivity index (χ2v) is 3.26. The average Bonchev–Trinajstić information content (AvgIpc) is 2.35. The van der Waals surface area contributed by atoms with Gasteiger partial charge in [0.15, 0.2) is 0 Å². The molecule has 0 saturated carbocycles. The minimum absolute atomic E-state index is 0.00977. The molecule has 5 nitrogen and oxygen atoms in total. The molecule has 0 bridgehead atoms. The Hall–Kier alpha value is -2.43. The third kappa shape index (κ3) is 5.60. The van der Waals surface area contributed by atoms with E-state index in [1.165, 1.54) is 19.1 Å². The lowest BCUT2D eigenvalue weighted by atomic mass is 10.2. The van der Waals surface area contributed by atoms with Crippen LogP contribution in [-0.2, 0) is 19.1 Å². The van der Waals surface area contributed by atoms with Gasteiger partial charge in [0.25, 0.3) is 5.91 Å². The Morgan fingerprint density at radius 3 is 2.39 bits per heavy atom. The zero-order valence-electron chi connectivity index (χ0n) is 10.2. The molecule has 0 radical (unpaired) electrons. The van der Waals surface area contributed by atoms with E-state index in [4.69, 9.17) is 4.74 Å². The van der Waals surface area contributed by atoms with Gasteiger partial charge in [-0.15, -0.1) is 0 Å². The number of carbonyl (C=O) groups is 3. The molecule has 0 heterocycles. The summed E-state index contributed by atoms with van der Waals surface area (Å²) in [6.45, 7) is 11.6. The molecule has 0 aromatic rings. The smallest absolute Gasteiger partial charge is 0.337 e. The SMILES string of the molecule is C=CCOC(=O)C(=C)C=C(C)C(=O)NC(=O)C=C. The Morgan fingerprint density at radius 2 is 1.89 bits per heavy atom. The predicted octanol–water partition coefficient (Wildman–Crippen LogP) is 1.05. The first kappa shape index (κ1) is 15.6. The fourth-order valence-corrected chi connectivity index (χ4v) is 0.875. The molecule has 0 rings (SSSR count). The van der Waals surface area contributed by atoms with Crippen molar-refractivity contribution in [3.8, 4) is 0 Å². The molecule has 0 aromatic carbocycles. The lowest BCUT2D eigenvalue weighted by Crippen LogP contribution is -2.29. The number of amides is 2. The standard InChI is InChI=1S/C13H15NO4/c1-5-7-18-13(17)10(4)8-9(3)12(16)14-11(15)6-2/h5-6,8H,1-2,4,7H2,3H3,(H,14,15,16). The van der Waals surface area contributed by atoms with Crippen molar-refractivity contribution < 1.29 is 19.1 Å². The Bertz CT molecular complexity index is 432. The minimum Gasteiger partial charge on any atom is -0.458 e. The topological polar surface area (TPSA) is 72.5 Å². The first-order valence-electron chi connectivity index (χ1n) is 5.05. The predicted molar refractivity (Wildman–Crippen MR) is 67.4 cm³/mol. The minimum atomic E-state index is -0.655. The van der Waals surface area contributed by atoms with Crippen LogP contribution in [0, 0.1) is 0 Å². The Kier molecular flexibility index (Phi) is 6.73. The van der Waals surface area contributed by atoms with E-state index < -0.39 is 17.8 Å². The zero-order chi connectivity index (χ0) is 14.1. The summed E-state index contributed by atoms with van der Waals surface area (Å²) in [6.07, 6.45) is 3.62. The van der Waals surface area contributed by atoms with Crippen LogP contribution >= 0.6 is 0 Å². The van der Waals surface area contributed by atoms with Gasteiger partial charge in [0.2, 0.25) is 5.91 Å². The summed E-state index contributed by atoms with van der Waals surface area (Å²) in [7, 11) is 0. The molecule has 0 spiro atoms. The van der Waals surface area contributed by atoms with Gasteiger partial charge in [-0.3, -0.25) is 14.9 Å². The normalized spacial score (nSPS) is 10.2. The summed E-state index contributed by atoms with van der Waals surface area (Å²) in [5, 5.41) is 2.04. The van der Waals surface area contributed by atoms with Crippen LogP contribution in [0.3, 0.4) is 0 Å². The van der Waals surface area contributed by atoms with Crippen LogP contribution in [0.25, 0.3) is 0 Å². The Morgan fingerprint density at radius 1 is 1.28 bits per heavy atom. The molecule has 1 N–H and O–H groups in total. The van der Waals surface area contributed by atoms with Crippen molar-refractivity contribution >= 4 is 17.8 Å². The number of imide groups is 1. The molecule has 18 heavy (non-hydrogen) atoms. The van der Waals surface area contributed by atoms with Crippen LogP contribution in [0.1, 0.15) is 6.92 Å². The first-order chi connectivity index (χ1) is 8.42. The Balaban J connectivity index is 4.56. The molecule has 0 aliphatic rings. The first-order valence-corrected chi connectivity index (χ1v) is 5.05. The van der Waals surface area contributed by atoms with Crippen molar-refractivity contribution in [1.82, 2.24) is 5.32 Å². The summed E-state index contributed by atoms with van der Waals surface area (Å²) in [5.74, 6) is -1.90. The van der Waals surface area contributed by atoms with Gasteiger partial charge < -0.3 is 4.74 Å². The monoisotopic (exact) mass is 249 g/mol. The summed E-state index contributed by atoms with van der Waals surface area (Å²) in [4.78, 5) is 33.6. The number of rotatable bonds is 6. The van der Waals surface area contributed by atoms with Crippen molar-refractivity contribution in [2.24, 2.45) is 0 Å². The van der Waals surface area contributed by atoms with Crippen molar-refractivity contribution in [1.29, 1.82) is 0 Å². The van der Waals surface area contributed by atoms with E-state index in [2.05, 4.69) is 19.7 Å². The van der Waals surface area contributed by atoms with Crippen molar-refractivity contribution in [3.05, 3.63) is 49.1 Å². The maximum atomic E-state index is 11.4. The summed E-state index contributed by atoms with van der Waals surface area (Å²) in [5.41, 5.74) is 0.168. The van der Waals surface area contributed by atoms with Gasteiger partial charge in [-0.1, -0.05) is 25.8 Å². The van der Waals surface area contributed by atoms with Crippen LogP contribution < -0.4 is 5.32 Å². The van der Waals surface area contributed by atoms with E-state index in [1.807, 2.05) is 5.32 Å². The van der Waals surface area contributed by atoms with Crippen molar-refractivity contribution in [2.45, 2.75) is 6.92 Å². The number of nitrogens with one attached hydrogen (secondary N) is 1. The highest BCUT2D eigenvalue weighted by Gasteiger charge is 2.10. The maximum absolute atomic E-state index is 11.4. The van der Waals surface area contributed by atoms with E-state index >= 15 is 0 Å². The van der Waals surface area contributed by atoms with Crippen LogP contribution in [0.5, 0.6) is 0 Å². The third-order valence-electron chi connectivity index (χ3n) is 1.77. The molecule has 0 atom stereocenters. The van der Waals surface area contributed by atoms with E-state index in [-0.39, 0.29) is 17.8 Å². The van der Waals surface area contributed by atoms with Crippen LogP contribution in [0.4, 0.5) is 0 Å². The molecule has 0 fully saturated rings. The van der Waals surface area contributed by atoms with Crippen LogP contribution in [0.2, 0.25) is 0 Å². The fraction of sp³-hybridized carbons (Fsp3) is 0.154. The van der Waals surface area contributed by atoms with Gasteiger partial charge in [0.05, 0.1) is 5.57 Å². The van der Waals surface area contributed by atoms with Crippen molar-refractivity contribution in [2.75, 3.05) is 6.61 Å². The van der Waals surface area contributed by atoms with Crippen LogP contribution in [0.15, 0.2) is 49.1 Å². The van der Waals surface area contributed by atoms with Gasteiger partial charge >= 0.3 is 5.97 Å². The molecule has 0 unspecified atom stereocenters. The highest BCUT2D eigenvalue weighted by molar-refractivity contribution is 6.08. The molecule has 96 valence electrons. The van der Waals surface area contributed by atoms with Gasteiger partial charge in [-0.25, -0.2) is 4.79 Å².